The molecule has 1 unspecified atom stereocenters. The Morgan fingerprint density at radius 3 is 2.45 bits per heavy atom. The van der Waals surface area contributed by atoms with E-state index in [0.717, 1.165) is 31.5 Å². The Morgan fingerprint density at radius 2 is 1.85 bits per heavy atom. The smallest absolute Gasteiger partial charge is 0.127 e. The lowest BCUT2D eigenvalue weighted by Crippen LogP contribution is -2.31. The van der Waals surface area contributed by atoms with Crippen LogP contribution in [0.4, 0.5) is 4.39 Å². The zero-order valence-corrected chi connectivity index (χ0v) is 12.7. The van der Waals surface area contributed by atoms with E-state index in [0.29, 0.717) is 5.56 Å². The van der Waals surface area contributed by atoms with Crippen molar-refractivity contribution in [2.24, 2.45) is 11.7 Å². The van der Waals surface area contributed by atoms with Crippen molar-refractivity contribution >= 4 is 0 Å². The molecule has 2 N–H and O–H groups in total. The minimum absolute atomic E-state index is 0.180. The number of nitrogens with zero attached hydrogens (tertiary/aromatic N) is 1. The van der Waals surface area contributed by atoms with Crippen molar-refractivity contribution in [2.45, 2.75) is 51.6 Å². The number of benzene rings is 1. The van der Waals surface area contributed by atoms with E-state index in [1.165, 1.54) is 25.3 Å². The second kappa shape index (κ2) is 7.19. The minimum Gasteiger partial charge on any atom is -0.324 e. The molecule has 20 heavy (non-hydrogen) atoms. The zero-order chi connectivity index (χ0) is 14.5. The van der Waals surface area contributed by atoms with Crippen molar-refractivity contribution in [1.82, 2.24) is 4.90 Å². The summed E-state index contributed by atoms with van der Waals surface area (Å²) in [7, 11) is 0. The Hall–Kier alpha value is -0.930. The standard InChI is InChI=1S/C17H27FN2/c1-13(2)9-11-20(14-7-8-14)12-10-17(19)15-5-3-4-6-16(15)18/h3-6,13-14,17H,7-12,19H2,1-2H3. The molecule has 112 valence electrons. The van der Waals surface area contributed by atoms with Gasteiger partial charge in [-0.2, -0.15) is 0 Å². The number of rotatable bonds is 8. The fourth-order valence-electron chi connectivity index (χ4n) is 2.58. The normalized spacial score (nSPS) is 16.9. The van der Waals surface area contributed by atoms with E-state index in [4.69, 9.17) is 5.73 Å². The van der Waals surface area contributed by atoms with Crippen molar-refractivity contribution < 1.29 is 4.39 Å². The molecule has 0 bridgehead atoms. The van der Waals surface area contributed by atoms with Gasteiger partial charge in [0, 0.05) is 24.2 Å². The molecule has 0 aliphatic heterocycles. The van der Waals surface area contributed by atoms with Gasteiger partial charge in [-0.25, -0.2) is 4.39 Å². The lowest BCUT2D eigenvalue weighted by Gasteiger charge is -2.24. The van der Waals surface area contributed by atoms with E-state index in [1.54, 1.807) is 12.1 Å². The molecule has 1 saturated carbocycles. The lowest BCUT2D eigenvalue weighted by atomic mass is 10.0. The Labute approximate surface area is 122 Å². The number of hydrogen-bond donors (Lipinski definition) is 1. The summed E-state index contributed by atoms with van der Waals surface area (Å²) in [5, 5.41) is 0. The molecular weight excluding hydrogens is 251 g/mol. The summed E-state index contributed by atoms with van der Waals surface area (Å²) in [5.41, 5.74) is 6.80. The van der Waals surface area contributed by atoms with E-state index in [9.17, 15) is 4.39 Å². The molecule has 0 aromatic heterocycles. The van der Waals surface area contributed by atoms with Crippen LogP contribution < -0.4 is 5.73 Å². The summed E-state index contributed by atoms with van der Waals surface area (Å²) in [5.74, 6) is 0.552. The van der Waals surface area contributed by atoms with Gasteiger partial charge in [0.2, 0.25) is 0 Å². The van der Waals surface area contributed by atoms with Crippen LogP contribution in [0.25, 0.3) is 0 Å². The predicted octanol–water partition coefficient (Wildman–Crippen LogP) is 3.73. The number of hydrogen-bond acceptors (Lipinski definition) is 2. The van der Waals surface area contributed by atoms with Gasteiger partial charge in [0.1, 0.15) is 5.82 Å². The molecule has 1 fully saturated rings. The van der Waals surface area contributed by atoms with Gasteiger partial charge in [-0.1, -0.05) is 32.0 Å². The third-order valence-electron chi connectivity index (χ3n) is 4.09. The molecule has 0 radical (unpaired) electrons. The molecule has 2 rings (SSSR count). The summed E-state index contributed by atoms with van der Waals surface area (Å²) in [6.07, 6.45) is 4.68. The second-order valence-electron chi connectivity index (χ2n) is 6.37. The highest BCUT2D eigenvalue weighted by Gasteiger charge is 2.28. The van der Waals surface area contributed by atoms with Crippen LogP contribution >= 0.6 is 0 Å². The largest absolute Gasteiger partial charge is 0.324 e. The van der Waals surface area contributed by atoms with Crippen molar-refractivity contribution in [3.8, 4) is 0 Å². The predicted molar refractivity (Wildman–Crippen MR) is 82.0 cm³/mol. The fourth-order valence-corrected chi connectivity index (χ4v) is 2.58. The van der Waals surface area contributed by atoms with Crippen LogP contribution in [0.2, 0.25) is 0 Å². The molecule has 1 aliphatic rings. The Morgan fingerprint density at radius 1 is 1.20 bits per heavy atom. The van der Waals surface area contributed by atoms with Crippen molar-refractivity contribution in [3.63, 3.8) is 0 Å². The summed E-state index contributed by atoms with van der Waals surface area (Å²) < 4.78 is 13.7. The molecule has 1 aromatic carbocycles. The Balaban J connectivity index is 1.84. The molecule has 0 spiro atoms. The highest BCUT2D eigenvalue weighted by atomic mass is 19.1. The van der Waals surface area contributed by atoms with Crippen LogP contribution in [0.3, 0.4) is 0 Å². The maximum atomic E-state index is 13.7. The third-order valence-corrected chi connectivity index (χ3v) is 4.09. The molecule has 0 heterocycles. The van der Waals surface area contributed by atoms with Crippen LogP contribution in [0.5, 0.6) is 0 Å². The first kappa shape index (κ1) is 15.5. The molecule has 1 atom stereocenters. The maximum absolute atomic E-state index is 13.7. The second-order valence-corrected chi connectivity index (χ2v) is 6.37. The van der Waals surface area contributed by atoms with E-state index in [-0.39, 0.29) is 11.9 Å². The topological polar surface area (TPSA) is 29.3 Å². The van der Waals surface area contributed by atoms with Gasteiger partial charge in [0.15, 0.2) is 0 Å². The van der Waals surface area contributed by atoms with Crippen LogP contribution in [0, 0.1) is 11.7 Å². The van der Waals surface area contributed by atoms with Gasteiger partial charge in [-0.05, 0) is 44.2 Å². The van der Waals surface area contributed by atoms with Gasteiger partial charge >= 0.3 is 0 Å². The first-order valence-electron chi connectivity index (χ1n) is 7.82. The minimum atomic E-state index is -0.198. The van der Waals surface area contributed by atoms with Gasteiger partial charge in [-0.15, -0.1) is 0 Å². The molecule has 1 aromatic rings. The van der Waals surface area contributed by atoms with E-state index >= 15 is 0 Å². The fraction of sp³-hybridized carbons (Fsp3) is 0.647. The molecule has 2 nitrogen and oxygen atoms in total. The zero-order valence-electron chi connectivity index (χ0n) is 12.7. The summed E-state index contributed by atoms with van der Waals surface area (Å²) in [6.45, 7) is 6.64. The average Bonchev–Trinajstić information content (AvgIpc) is 3.23. The third kappa shape index (κ3) is 4.57. The van der Waals surface area contributed by atoms with Gasteiger partial charge < -0.3 is 10.6 Å². The summed E-state index contributed by atoms with van der Waals surface area (Å²) in [6, 6.07) is 7.42. The first-order chi connectivity index (χ1) is 9.58. The molecule has 0 amide bonds. The van der Waals surface area contributed by atoms with Crippen LogP contribution in [-0.2, 0) is 0 Å². The SMILES string of the molecule is CC(C)CCN(CCC(N)c1ccccc1F)C1CC1. The van der Waals surface area contributed by atoms with Gasteiger partial charge in [0.25, 0.3) is 0 Å². The number of halogens is 1. The highest BCUT2D eigenvalue weighted by molar-refractivity contribution is 5.20. The molecule has 3 heteroatoms. The van der Waals surface area contributed by atoms with E-state index in [1.807, 2.05) is 6.07 Å². The van der Waals surface area contributed by atoms with Crippen LogP contribution in [-0.4, -0.2) is 24.0 Å². The van der Waals surface area contributed by atoms with Gasteiger partial charge in [-0.3, -0.25) is 0 Å². The quantitative estimate of drug-likeness (QED) is 0.785. The molecular formula is C17H27FN2. The van der Waals surface area contributed by atoms with Crippen LogP contribution in [0.15, 0.2) is 24.3 Å². The summed E-state index contributed by atoms with van der Waals surface area (Å²) in [4.78, 5) is 2.54. The highest BCUT2D eigenvalue weighted by Crippen LogP contribution is 2.28. The lowest BCUT2D eigenvalue weighted by molar-refractivity contribution is 0.238. The first-order valence-corrected chi connectivity index (χ1v) is 7.82. The van der Waals surface area contributed by atoms with Gasteiger partial charge in [0.05, 0.1) is 0 Å². The van der Waals surface area contributed by atoms with E-state index in [2.05, 4.69) is 18.7 Å². The Kier molecular flexibility index (Phi) is 5.55. The molecule has 1 aliphatic carbocycles. The van der Waals surface area contributed by atoms with Crippen molar-refractivity contribution in [2.75, 3.05) is 13.1 Å². The number of nitrogens with two attached hydrogens (primary N) is 1. The summed E-state index contributed by atoms with van der Waals surface area (Å²) >= 11 is 0. The Bertz CT molecular complexity index is 415. The maximum Gasteiger partial charge on any atom is 0.127 e. The van der Waals surface area contributed by atoms with Crippen LogP contribution in [0.1, 0.15) is 51.1 Å². The van der Waals surface area contributed by atoms with Crippen molar-refractivity contribution in [3.05, 3.63) is 35.6 Å². The monoisotopic (exact) mass is 278 g/mol. The molecule has 0 saturated heterocycles. The van der Waals surface area contributed by atoms with Crippen molar-refractivity contribution in [1.29, 1.82) is 0 Å². The van der Waals surface area contributed by atoms with E-state index < -0.39 is 0 Å². The average molecular weight is 278 g/mol.